The Morgan fingerprint density at radius 2 is 2.25 bits per heavy atom. The van der Waals surface area contributed by atoms with Gasteiger partial charge in [0.15, 0.2) is 0 Å². The van der Waals surface area contributed by atoms with Crippen molar-refractivity contribution in [3.8, 4) is 0 Å². The van der Waals surface area contributed by atoms with Crippen LogP contribution >= 0.6 is 15.9 Å². The largest absolute Gasteiger partial charge is 0.354 e. The van der Waals surface area contributed by atoms with Gasteiger partial charge < -0.3 is 5.32 Å². The number of carbonyl (C=O) groups excluding carboxylic acids is 1. The summed E-state index contributed by atoms with van der Waals surface area (Å²) < 4.78 is 10.6. The second-order valence-electron chi connectivity index (χ2n) is 2.44. The van der Waals surface area contributed by atoms with E-state index in [4.69, 9.17) is 0 Å². The van der Waals surface area contributed by atoms with Crippen molar-refractivity contribution in [3.63, 3.8) is 0 Å². The van der Waals surface area contributed by atoms with E-state index in [1.54, 1.807) is 6.26 Å². The van der Waals surface area contributed by atoms with Gasteiger partial charge in [-0.2, -0.15) is 0 Å². The molecule has 2 atom stereocenters. The maximum atomic E-state index is 11.1. The average Bonchev–Trinajstić information content (AvgIpc) is 2.02. The summed E-state index contributed by atoms with van der Waals surface area (Å²) in [4.78, 5) is 11.0. The van der Waals surface area contributed by atoms with Gasteiger partial charge in [0.1, 0.15) is 0 Å². The molecule has 72 valence electrons. The smallest absolute Gasteiger partial charge is 0.233 e. The fourth-order valence-corrected chi connectivity index (χ4v) is 1.17. The summed E-state index contributed by atoms with van der Waals surface area (Å²) in [5.74, 6) is 0.498. The molecule has 0 aliphatic heterocycles. The molecule has 1 N–H and O–H groups in total. The molecule has 0 fully saturated rings. The van der Waals surface area contributed by atoms with Crippen LogP contribution in [0.1, 0.15) is 13.3 Å². The lowest BCUT2D eigenvalue weighted by molar-refractivity contribution is -0.120. The van der Waals surface area contributed by atoms with Gasteiger partial charge in [0, 0.05) is 29.4 Å². The van der Waals surface area contributed by atoms with E-state index in [0.717, 1.165) is 6.42 Å². The Morgan fingerprint density at radius 1 is 1.67 bits per heavy atom. The first kappa shape index (κ1) is 12.1. The van der Waals surface area contributed by atoms with Gasteiger partial charge in [-0.25, -0.2) is 0 Å². The Balaban J connectivity index is 3.50. The minimum absolute atomic E-state index is 0.0250. The minimum atomic E-state index is -0.827. The molecular formula is C7H14BrNO2S. The van der Waals surface area contributed by atoms with Crippen molar-refractivity contribution in [1.82, 2.24) is 5.32 Å². The van der Waals surface area contributed by atoms with E-state index >= 15 is 0 Å². The highest BCUT2D eigenvalue weighted by Gasteiger charge is 2.10. The molecule has 0 aromatic heterocycles. The van der Waals surface area contributed by atoms with Crippen LogP contribution in [0.25, 0.3) is 0 Å². The Morgan fingerprint density at radius 3 is 2.67 bits per heavy atom. The number of hydrogen-bond acceptors (Lipinski definition) is 2. The third-order valence-electron chi connectivity index (χ3n) is 1.33. The number of alkyl halides is 1. The van der Waals surface area contributed by atoms with E-state index in [1.807, 2.05) is 6.92 Å². The Kier molecular flexibility index (Phi) is 6.65. The highest BCUT2D eigenvalue weighted by atomic mass is 79.9. The third-order valence-corrected chi connectivity index (χ3v) is 3.17. The molecule has 0 radical (unpaired) electrons. The fraction of sp³-hybridized carbons (Fsp3) is 0.857. The second kappa shape index (κ2) is 6.60. The van der Waals surface area contributed by atoms with Gasteiger partial charge in [0.25, 0.3) is 0 Å². The van der Waals surface area contributed by atoms with Crippen molar-refractivity contribution in [1.29, 1.82) is 0 Å². The molecular weight excluding hydrogens is 242 g/mol. The predicted octanol–water partition coefficient (Wildman–Crippen LogP) is 0.655. The number of carbonyl (C=O) groups is 1. The quantitative estimate of drug-likeness (QED) is 0.734. The number of nitrogens with one attached hydrogen (secondary N) is 1. The van der Waals surface area contributed by atoms with Gasteiger partial charge in [0.2, 0.25) is 5.91 Å². The third kappa shape index (κ3) is 5.71. The number of amides is 1. The molecule has 0 aliphatic rings. The second-order valence-corrected chi connectivity index (χ2v) is 5.10. The zero-order chi connectivity index (χ0) is 9.56. The van der Waals surface area contributed by atoms with Crippen molar-refractivity contribution < 1.29 is 9.00 Å². The molecule has 2 unspecified atom stereocenters. The Bertz CT molecular complexity index is 175. The Hall–Kier alpha value is 0.1000. The van der Waals surface area contributed by atoms with Crippen LogP contribution in [0.15, 0.2) is 0 Å². The molecule has 0 saturated carbocycles. The number of rotatable bonds is 5. The van der Waals surface area contributed by atoms with Gasteiger partial charge in [-0.1, -0.05) is 22.9 Å². The molecule has 12 heavy (non-hydrogen) atoms. The van der Waals surface area contributed by atoms with Crippen LogP contribution in [0.5, 0.6) is 0 Å². The molecule has 0 bridgehead atoms. The zero-order valence-electron chi connectivity index (χ0n) is 7.30. The summed E-state index contributed by atoms with van der Waals surface area (Å²) in [5, 5.41) is 2.69. The molecule has 1 amide bonds. The van der Waals surface area contributed by atoms with Crippen LogP contribution in [0, 0.1) is 0 Å². The summed E-state index contributed by atoms with van der Waals surface area (Å²) in [6.07, 6.45) is 2.39. The summed E-state index contributed by atoms with van der Waals surface area (Å²) >= 11 is 3.22. The maximum Gasteiger partial charge on any atom is 0.233 e. The molecule has 5 heteroatoms. The fourth-order valence-electron chi connectivity index (χ4n) is 0.614. The van der Waals surface area contributed by atoms with Crippen LogP contribution in [-0.4, -0.2) is 33.5 Å². The van der Waals surface area contributed by atoms with Crippen LogP contribution < -0.4 is 5.32 Å². The SMILES string of the molecule is CCC(Br)C(=O)NCCS(C)=O. The maximum absolute atomic E-state index is 11.1. The van der Waals surface area contributed by atoms with Crippen LogP contribution in [0.4, 0.5) is 0 Å². The molecule has 0 saturated heterocycles. The number of halogens is 1. The molecule has 0 spiro atoms. The van der Waals surface area contributed by atoms with Crippen molar-refractivity contribution in [2.75, 3.05) is 18.6 Å². The van der Waals surface area contributed by atoms with E-state index in [0.29, 0.717) is 12.3 Å². The predicted molar refractivity (Wildman–Crippen MR) is 54.9 cm³/mol. The molecule has 0 aromatic rings. The van der Waals surface area contributed by atoms with Crippen molar-refractivity contribution in [2.24, 2.45) is 0 Å². The number of hydrogen-bond donors (Lipinski definition) is 1. The van der Waals surface area contributed by atoms with E-state index in [9.17, 15) is 9.00 Å². The van der Waals surface area contributed by atoms with E-state index < -0.39 is 10.8 Å². The highest BCUT2D eigenvalue weighted by molar-refractivity contribution is 9.10. The van der Waals surface area contributed by atoms with Crippen LogP contribution in [-0.2, 0) is 15.6 Å². The van der Waals surface area contributed by atoms with E-state index in [2.05, 4.69) is 21.2 Å². The van der Waals surface area contributed by atoms with Gasteiger partial charge in [0.05, 0.1) is 4.83 Å². The molecule has 0 heterocycles. The summed E-state index contributed by atoms with van der Waals surface area (Å²) in [6.45, 7) is 2.42. The minimum Gasteiger partial charge on any atom is -0.354 e. The summed E-state index contributed by atoms with van der Waals surface area (Å²) in [7, 11) is -0.827. The normalized spacial score (nSPS) is 15.2. The molecule has 0 aliphatic carbocycles. The lowest BCUT2D eigenvalue weighted by Gasteiger charge is -2.07. The topological polar surface area (TPSA) is 46.2 Å². The molecule has 0 rings (SSSR count). The van der Waals surface area contributed by atoms with Crippen molar-refractivity contribution >= 4 is 32.6 Å². The Labute approximate surface area is 83.9 Å². The summed E-state index contributed by atoms with van der Waals surface area (Å²) in [6, 6.07) is 0. The summed E-state index contributed by atoms with van der Waals surface area (Å²) in [5.41, 5.74) is 0. The lowest BCUT2D eigenvalue weighted by Crippen LogP contribution is -2.33. The first-order chi connectivity index (χ1) is 5.57. The first-order valence-corrected chi connectivity index (χ1v) is 6.44. The van der Waals surface area contributed by atoms with Crippen molar-refractivity contribution in [3.05, 3.63) is 0 Å². The zero-order valence-corrected chi connectivity index (χ0v) is 9.70. The average molecular weight is 256 g/mol. The monoisotopic (exact) mass is 255 g/mol. The van der Waals surface area contributed by atoms with Gasteiger partial charge >= 0.3 is 0 Å². The molecule has 3 nitrogen and oxygen atoms in total. The van der Waals surface area contributed by atoms with Crippen LogP contribution in [0.3, 0.4) is 0 Å². The highest BCUT2D eigenvalue weighted by Crippen LogP contribution is 2.02. The van der Waals surface area contributed by atoms with E-state index in [1.165, 1.54) is 0 Å². The first-order valence-electron chi connectivity index (χ1n) is 3.79. The van der Waals surface area contributed by atoms with Crippen molar-refractivity contribution in [2.45, 2.75) is 18.2 Å². The lowest BCUT2D eigenvalue weighted by atomic mass is 10.3. The van der Waals surface area contributed by atoms with Crippen LogP contribution in [0.2, 0.25) is 0 Å². The van der Waals surface area contributed by atoms with Gasteiger partial charge in [-0.3, -0.25) is 9.00 Å². The van der Waals surface area contributed by atoms with Gasteiger partial charge in [-0.15, -0.1) is 0 Å². The molecule has 0 aromatic carbocycles. The van der Waals surface area contributed by atoms with E-state index in [-0.39, 0.29) is 10.7 Å². The van der Waals surface area contributed by atoms with Gasteiger partial charge in [-0.05, 0) is 6.42 Å². The standard InChI is InChI=1S/C7H14BrNO2S/c1-3-6(8)7(10)9-4-5-12(2)11/h6H,3-5H2,1-2H3,(H,9,10).